The van der Waals surface area contributed by atoms with Crippen LogP contribution in [0.1, 0.15) is 15.9 Å². The van der Waals surface area contributed by atoms with Crippen molar-refractivity contribution in [3.8, 4) is 0 Å². The van der Waals surface area contributed by atoms with Gasteiger partial charge in [-0.15, -0.1) is 6.58 Å². The molecule has 0 aromatic heterocycles. The fourth-order valence-electron chi connectivity index (χ4n) is 1.06. The van der Waals surface area contributed by atoms with Gasteiger partial charge in [-0.3, -0.25) is 0 Å². The number of carbonyl (C=O) groups is 1. The molecule has 2 nitrogen and oxygen atoms in total. The van der Waals surface area contributed by atoms with Crippen LogP contribution in [-0.2, 0) is 6.42 Å². The van der Waals surface area contributed by atoms with Crippen LogP contribution in [0.2, 0.25) is 0 Å². The van der Waals surface area contributed by atoms with E-state index in [0.29, 0.717) is 12.0 Å². The molecule has 1 aromatic rings. The molecule has 1 unspecified atom stereocenters. The number of hydrogen-bond acceptors (Lipinski definition) is 1. The molecule has 0 radical (unpaired) electrons. The zero-order valence-electron chi connectivity index (χ0n) is 7.36. The van der Waals surface area contributed by atoms with E-state index in [1.54, 1.807) is 24.3 Å². The molecular weight excluding hydrogens is 183 g/mol. The highest BCUT2D eigenvalue weighted by Gasteiger charge is 2.06. The molecule has 70 valence electrons. The largest absolute Gasteiger partial charge is 0.478 e. The SMILES string of the molecule is C=CCc1ccccc1C(=O)O.P. The molecule has 1 N–H and O–H groups in total. The number of carboxylic acids is 1. The Bertz CT molecular complexity index is 308. The summed E-state index contributed by atoms with van der Waals surface area (Å²) in [4.78, 5) is 10.7. The van der Waals surface area contributed by atoms with E-state index in [0.717, 1.165) is 5.56 Å². The predicted octanol–water partition coefficient (Wildman–Crippen LogP) is 2.17. The Kier molecular flexibility index (Phi) is 5.01. The van der Waals surface area contributed by atoms with Crippen molar-refractivity contribution in [1.29, 1.82) is 0 Å². The van der Waals surface area contributed by atoms with Gasteiger partial charge in [-0.05, 0) is 18.1 Å². The number of carboxylic acid groups (broad SMARTS) is 1. The Labute approximate surface area is 80.9 Å². The first-order valence-electron chi connectivity index (χ1n) is 3.68. The minimum atomic E-state index is -0.882. The third-order valence-electron chi connectivity index (χ3n) is 1.61. The molecule has 0 saturated heterocycles. The van der Waals surface area contributed by atoms with Gasteiger partial charge in [0.2, 0.25) is 0 Å². The van der Waals surface area contributed by atoms with Crippen LogP contribution in [0, 0.1) is 0 Å². The summed E-state index contributed by atoms with van der Waals surface area (Å²) in [5.41, 5.74) is 1.16. The van der Waals surface area contributed by atoms with Gasteiger partial charge in [0.1, 0.15) is 0 Å². The van der Waals surface area contributed by atoms with Crippen LogP contribution in [0.15, 0.2) is 36.9 Å². The Hall–Kier alpha value is -1.14. The predicted molar refractivity (Wildman–Crippen MR) is 58.4 cm³/mol. The Balaban J connectivity index is 0.00000144. The molecule has 3 heteroatoms. The van der Waals surface area contributed by atoms with Crippen molar-refractivity contribution in [3.05, 3.63) is 48.0 Å². The molecule has 0 spiro atoms. The molecule has 0 aliphatic heterocycles. The first-order chi connectivity index (χ1) is 5.75. The van der Waals surface area contributed by atoms with Crippen LogP contribution >= 0.6 is 9.90 Å². The molecule has 13 heavy (non-hydrogen) atoms. The van der Waals surface area contributed by atoms with Crippen LogP contribution in [-0.4, -0.2) is 11.1 Å². The van der Waals surface area contributed by atoms with Gasteiger partial charge in [0.15, 0.2) is 0 Å². The highest BCUT2D eigenvalue weighted by Crippen LogP contribution is 2.09. The van der Waals surface area contributed by atoms with Crippen molar-refractivity contribution in [2.24, 2.45) is 0 Å². The summed E-state index contributed by atoms with van der Waals surface area (Å²) in [6, 6.07) is 6.94. The van der Waals surface area contributed by atoms with Gasteiger partial charge in [-0.1, -0.05) is 24.3 Å². The molecule has 0 saturated carbocycles. The van der Waals surface area contributed by atoms with Crippen LogP contribution in [0.3, 0.4) is 0 Å². The van der Waals surface area contributed by atoms with Crippen LogP contribution in [0.5, 0.6) is 0 Å². The number of allylic oxidation sites excluding steroid dienone is 1. The van der Waals surface area contributed by atoms with E-state index in [-0.39, 0.29) is 9.90 Å². The second kappa shape index (κ2) is 5.50. The van der Waals surface area contributed by atoms with E-state index in [1.165, 1.54) is 0 Å². The zero-order valence-corrected chi connectivity index (χ0v) is 8.78. The van der Waals surface area contributed by atoms with E-state index in [2.05, 4.69) is 6.58 Å². The Morgan fingerprint density at radius 1 is 1.46 bits per heavy atom. The Morgan fingerprint density at radius 2 is 2.08 bits per heavy atom. The molecular formula is C10H13O2P. The third-order valence-corrected chi connectivity index (χ3v) is 1.61. The third kappa shape index (κ3) is 3.00. The van der Waals surface area contributed by atoms with Gasteiger partial charge in [-0.25, -0.2) is 4.79 Å². The van der Waals surface area contributed by atoms with E-state index >= 15 is 0 Å². The summed E-state index contributed by atoms with van der Waals surface area (Å²) < 4.78 is 0. The van der Waals surface area contributed by atoms with Crippen LogP contribution < -0.4 is 0 Å². The second-order valence-electron chi connectivity index (χ2n) is 2.46. The molecule has 1 atom stereocenters. The number of aromatic carboxylic acids is 1. The molecule has 0 amide bonds. The van der Waals surface area contributed by atoms with E-state index in [9.17, 15) is 4.79 Å². The van der Waals surface area contributed by atoms with Crippen molar-refractivity contribution in [1.82, 2.24) is 0 Å². The fourth-order valence-corrected chi connectivity index (χ4v) is 1.06. The maximum absolute atomic E-state index is 10.7. The number of hydrogen-bond donors (Lipinski definition) is 1. The van der Waals surface area contributed by atoms with Crippen molar-refractivity contribution < 1.29 is 9.90 Å². The molecule has 0 bridgehead atoms. The van der Waals surface area contributed by atoms with Crippen molar-refractivity contribution >= 4 is 15.9 Å². The van der Waals surface area contributed by atoms with E-state index in [4.69, 9.17) is 5.11 Å². The summed E-state index contributed by atoms with van der Waals surface area (Å²) >= 11 is 0. The number of rotatable bonds is 3. The smallest absolute Gasteiger partial charge is 0.335 e. The fraction of sp³-hybridized carbons (Fsp3) is 0.100. The topological polar surface area (TPSA) is 37.3 Å². The van der Waals surface area contributed by atoms with Crippen molar-refractivity contribution in [2.75, 3.05) is 0 Å². The molecule has 0 aliphatic rings. The van der Waals surface area contributed by atoms with Gasteiger partial charge < -0.3 is 5.11 Å². The van der Waals surface area contributed by atoms with Gasteiger partial charge in [-0.2, -0.15) is 9.90 Å². The first kappa shape index (κ1) is 11.9. The molecule has 0 fully saturated rings. The van der Waals surface area contributed by atoms with Gasteiger partial charge >= 0.3 is 5.97 Å². The standard InChI is InChI=1S/C10H10O2.H3P/c1-2-5-8-6-3-4-7-9(8)10(11)12;/h2-4,6-7H,1,5H2,(H,11,12);1H3. The average Bonchev–Trinajstić information content (AvgIpc) is 2.05. The zero-order chi connectivity index (χ0) is 8.97. The monoisotopic (exact) mass is 196 g/mol. The van der Waals surface area contributed by atoms with Crippen molar-refractivity contribution in [3.63, 3.8) is 0 Å². The lowest BCUT2D eigenvalue weighted by Gasteiger charge is -2.00. The lowest BCUT2D eigenvalue weighted by molar-refractivity contribution is 0.0696. The Morgan fingerprint density at radius 3 is 2.62 bits per heavy atom. The summed E-state index contributed by atoms with van der Waals surface area (Å²) in [6.45, 7) is 3.56. The first-order valence-corrected chi connectivity index (χ1v) is 3.68. The van der Waals surface area contributed by atoms with Crippen LogP contribution in [0.25, 0.3) is 0 Å². The highest BCUT2D eigenvalue weighted by atomic mass is 31.0. The van der Waals surface area contributed by atoms with E-state index in [1.807, 2.05) is 6.07 Å². The van der Waals surface area contributed by atoms with Crippen molar-refractivity contribution in [2.45, 2.75) is 6.42 Å². The molecule has 1 aromatic carbocycles. The lowest BCUT2D eigenvalue weighted by atomic mass is 10.1. The second-order valence-corrected chi connectivity index (χ2v) is 2.46. The van der Waals surface area contributed by atoms with Gasteiger partial charge in [0.25, 0.3) is 0 Å². The minimum absolute atomic E-state index is 0. The van der Waals surface area contributed by atoms with E-state index < -0.39 is 5.97 Å². The average molecular weight is 196 g/mol. The summed E-state index contributed by atoms with van der Waals surface area (Å²) in [5, 5.41) is 8.76. The van der Waals surface area contributed by atoms with Gasteiger partial charge in [0, 0.05) is 0 Å². The lowest BCUT2D eigenvalue weighted by Crippen LogP contribution is -2.00. The highest BCUT2D eigenvalue weighted by molar-refractivity contribution is 6.92. The summed E-state index contributed by atoms with van der Waals surface area (Å²) in [5.74, 6) is -0.882. The maximum atomic E-state index is 10.7. The summed E-state index contributed by atoms with van der Waals surface area (Å²) in [7, 11) is 0. The van der Waals surface area contributed by atoms with Crippen LogP contribution in [0.4, 0.5) is 0 Å². The summed E-state index contributed by atoms with van der Waals surface area (Å²) in [6.07, 6.45) is 2.30. The maximum Gasteiger partial charge on any atom is 0.335 e. The molecule has 0 aliphatic carbocycles. The number of benzene rings is 1. The molecule has 0 heterocycles. The normalized spacial score (nSPS) is 8.62. The van der Waals surface area contributed by atoms with Gasteiger partial charge in [0.05, 0.1) is 5.56 Å². The quantitative estimate of drug-likeness (QED) is 0.594. The minimum Gasteiger partial charge on any atom is -0.478 e. The molecule has 1 rings (SSSR count).